The number of anilines is 1. The lowest BCUT2D eigenvalue weighted by Gasteiger charge is -2.55. The van der Waals surface area contributed by atoms with Crippen molar-refractivity contribution in [3.63, 3.8) is 0 Å². The van der Waals surface area contributed by atoms with Gasteiger partial charge in [0.15, 0.2) is 15.8 Å². The number of thioether (sulfide) groups is 1. The molecule has 0 aromatic heterocycles. The van der Waals surface area contributed by atoms with Gasteiger partial charge in [-0.2, -0.15) is 0 Å². The van der Waals surface area contributed by atoms with Gasteiger partial charge in [-0.1, -0.05) is 53.2 Å². The molecule has 0 spiro atoms. The van der Waals surface area contributed by atoms with Crippen LogP contribution in [0.4, 0.5) is 5.69 Å². The van der Waals surface area contributed by atoms with E-state index in [1.165, 1.54) is 35.9 Å². The molecule has 0 atom stereocenters. The molecule has 2 aromatic rings. The van der Waals surface area contributed by atoms with E-state index in [0.29, 0.717) is 54.2 Å². The smallest absolute Gasteiger partial charge is 0.317 e. The molecule has 4 saturated carbocycles. The van der Waals surface area contributed by atoms with Crippen LogP contribution in [0.2, 0.25) is 10.0 Å². The highest BCUT2D eigenvalue weighted by Gasteiger charge is 2.55. The summed E-state index contributed by atoms with van der Waals surface area (Å²) in [5.74, 6) is 2.46. The average molecular weight is 575 g/mol. The largest absolute Gasteiger partial charge is 0.493 e. The highest BCUT2D eigenvalue weighted by molar-refractivity contribution is 8.27. The molecule has 9 heteroatoms. The highest BCUT2D eigenvalue weighted by atomic mass is 35.5. The first-order valence-corrected chi connectivity index (χ1v) is 14.4. The Bertz CT molecular complexity index is 1320. The standard InChI is InChI=1S/C28H25Cl2NO4S2/c1-34-23-9-15(10-24-25(32)31(27(36)37-24)19-3-4-20(29)21(30)11-19)2-5-22(23)35-26(33)28-12-16-6-17(13-28)8-18(7-16)14-28/h2-5,9-11,16-18H,6-8,12-14H2,1H3/b24-10+. The van der Waals surface area contributed by atoms with Gasteiger partial charge in [-0.05, 0) is 98.2 Å². The molecule has 0 N–H and O–H groups in total. The Labute approximate surface area is 235 Å². The first-order chi connectivity index (χ1) is 17.7. The third-order valence-electron chi connectivity index (χ3n) is 8.11. The normalized spacial score (nSPS) is 29.3. The summed E-state index contributed by atoms with van der Waals surface area (Å²) < 4.78 is 11.9. The van der Waals surface area contributed by atoms with Crippen molar-refractivity contribution in [2.24, 2.45) is 23.2 Å². The summed E-state index contributed by atoms with van der Waals surface area (Å²) in [6.07, 6.45) is 8.38. The molecule has 1 amide bonds. The van der Waals surface area contributed by atoms with Gasteiger partial charge < -0.3 is 9.47 Å². The average Bonchev–Trinajstić information content (AvgIpc) is 3.13. The van der Waals surface area contributed by atoms with Gasteiger partial charge in [-0.15, -0.1) is 0 Å². The zero-order chi connectivity index (χ0) is 25.9. The van der Waals surface area contributed by atoms with E-state index in [-0.39, 0.29) is 17.3 Å². The van der Waals surface area contributed by atoms with Crippen LogP contribution in [0.5, 0.6) is 11.5 Å². The molecule has 1 aliphatic heterocycles. The molecule has 1 saturated heterocycles. The van der Waals surface area contributed by atoms with Crippen LogP contribution >= 0.6 is 47.2 Å². The van der Waals surface area contributed by atoms with Crippen LogP contribution in [0.3, 0.4) is 0 Å². The molecule has 0 unspecified atom stereocenters. The van der Waals surface area contributed by atoms with Crippen LogP contribution in [0.25, 0.3) is 6.08 Å². The van der Waals surface area contributed by atoms with E-state index in [1.54, 1.807) is 43.5 Å². The second kappa shape index (κ2) is 9.60. The summed E-state index contributed by atoms with van der Waals surface area (Å²) in [6, 6.07) is 10.3. The van der Waals surface area contributed by atoms with E-state index >= 15 is 0 Å². The predicted octanol–water partition coefficient (Wildman–Crippen LogP) is 7.53. The number of benzene rings is 2. The summed E-state index contributed by atoms with van der Waals surface area (Å²) in [7, 11) is 1.55. The molecule has 4 bridgehead atoms. The summed E-state index contributed by atoms with van der Waals surface area (Å²) in [6.45, 7) is 0. The Morgan fingerprint density at radius 2 is 1.70 bits per heavy atom. The van der Waals surface area contributed by atoms with Crippen molar-refractivity contribution >= 4 is 75.1 Å². The number of halogens is 2. The molecule has 192 valence electrons. The number of rotatable bonds is 5. The monoisotopic (exact) mass is 573 g/mol. The number of hydrogen-bond donors (Lipinski definition) is 0. The molecule has 2 aromatic carbocycles. The number of methoxy groups -OCH3 is 1. The molecule has 5 fully saturated rings. The maximum absolute atomic E-state index is 13.4. The number of carbonyl (C=O) groups excluding carboxylic acids is 2. The number of esters is 1. The minimum atomic E-state index is -0.350. The minimum absolute atomic E-state index is 0.125. The quantitative estimate of drug-likeness (QED) is 0.159. The van der Waals surface area contributed by atoms with Crippen LogP contribution in [0.1, 0.15) is 44.1 Å². The Morgan fingerprint density at radius 1 is 1.03 bits per heavy atom. The zero-order valence-corrected chi connectivity index (χ0v) is 23.3. The molecule has 5 nitrogen and oxygen atoms in total. The molecule has 7 rings (SSSR count). The molecule has 4 aliphatic carbocycles. The fourth-order valence-electron chi connectivity index (χ4n) is 6.89. The first kappa shape index (κ1) is 25.2. The second-order valence-corrected chi connectivity index (χ2v) is 13.1. The van der Waals surface area contributed by atoms with Crippen molar-refractivity contribution in [2.75, 3.05) is 12.0 Å². The topological polar surface area (TPSA) is 55.8 Å². The molecular weight excluding hydrogens is 549 g/mol. The third kappa shape index (κ3) is 4.58. The van der Waals surface area contributed by atoms with Gasteiger partial charge in [0.2, 0.25) is 0 Å². The van der Waals surface area contributed by atoms with Crippen molar-refractivity contribution < 1.29 is 19.1 Å². The predicted molar refractivity (Wildman–Crippen MR) is 151 cm³/mol. The summed E-state index contributed by atoms with van der Waals surface area (Å²) >= 11 is 18.8. The SMILES string of the molecule is COc1cc(/C=C2/SC(=S)N(c3ccc(Cl)c(Cl)c3)C2=O)ccc1OC(=O)C12CC3CC(CC(C3)C1)C2. The van der Waals surface area contributed by atoms with E-state index in [4.69, 9.17) is 44.9 Å². The Hall–Kier alpha value is -2.06. The van der Waals surface area contributed by atoms with E-state index in [2.05, 4.69) is 0 Å². The van der Waals surface area contributed by atoms with Crippen molar-refractivity contribution in [1.82, 2.24) is 0 Å². The van der Waals surface area contributed by atoms with Crippen molar-refractivity contribution in [2.45, 2.75) is 38.5 Å². The van der Waals surface area contributed by atoms with Crippen molar-refractivity contribution in [3.05, 3.63) is 56.9 Å². The zero-order valence-electron chi connectivity index (χ0n) is 20.2. The lowest BCUT2D eigenvalue weighted by atomic mass is 9.49. The molecule has 0 radical (unpaired) electrons. The Morgan fingerprint density at radius 3 is 2.32 bits per heavy atom. The van der Waals surface area contributed by atoms with Crippen molar-refractivity contribution in [1.29, 1.82) is 0 Å². The fraction of sp³-hybridized carbons (Fsp3) is 0.393. The van der Waals surface area contributed by atoms with E-state index in [1.807, 2.05) is 6.07 Å². The van der Waals surface area contributed by atoms with Crippen molar-refractivity contribution in [3.8, 4) is 11.5 Å². The van der Waals surface area contributed by atoms with E-state index in [9.17, 15) is 9.59 Å². The van der Waals surface area contributed by atoms with Crippen LogP contribution in [-0.4, -0.2) is 23.3 Å². The molecule has 5 aliphatic rings. The highest BCUT2D eigenvalue weighted by Crippen LogP contribution is 2.60. The lowest BCUT2D eigenvalue weighted by molar-refractivity contribution is -0.161. The first-order valence-electron chi connectivity index (χ1n) is 12.4. The fourth-order valence-corrected chi connectivity index (χ4v) is 8.48. The van der Waals surface area contributed by atoms with Gasteiger partial charge >= 0.3 is 5.97 Å². The number of hydrogen-bond acceptors (Lipinski definition) is 6. The van der Waals surface area contributed by atoms with Gasteiger partial charge in [0.25, 0.3) is 5.91 Å². The van der Waals surface area contributed by atoms with Crippen LogP contribution < -0.4 is 14.4 Å². The van der Waals surface area contributed by atoms with Gasteiger partial charge in [-0.3, -0.25) is 14.5 Å². The lowest BCUT2D eigenvalue weighted by Crippen LogP contribution is -2.51. The maximum Gasteiger partial charge on any atom is 0.317 e. The van der Waals surface area contributed by atoms with Crippen LogP contribution in [0.15, 0.2) is 41.3 Å². The Kier molecular flexibility index (Phi) is 6.55. The summed E-state index contributed by atoms with van der Waals surface area (Å²) in [4.78, 5) is 28.5. The van der Waals surface area contributed by atoms with Gasteiger partial charge in [-0.25, -0.2) is 0 Å². The Balaban J connectivity index is 1.21. The van der Waals surface area contributed by atoms with Gasteiger partial charge in [0, 0.05) is 0 Å². The number of amides is 1. The molecule has 37 heavy (non-hydrogen) atoms. The molecule has 1 heterocycles. The number of carbonyl (C=O) groups is 2. The number of thiocarbonyl (C=S) groups is 1. The third-order valence-corrected chi connectivity index (χ3v) is 10.2. The molecular formula is C28H25Cl2NO4S2. The number of nitrogens with zero attached hydrogens (tertiary/aromatic N) is 1. The second-order valence-electron chi connectivity index (χ2n) is 10.6. The van der Waals surface area contributed by atoms with Crippen LogP contribution in [-0.2, 0) is 9.59 Å². The van der Waals surface area contributed by atoms with Gasteiger partial charge in [0.1, 0.15) is 0 Å². The van der Waals surface area contributed by atoms with E-state index in [0.717, 1.165) is 24.8 Å². The minimum Gasteiger partial charge on any atom is -0.493 e. The number of ether oxygens (including phenoxy) is 2. The summed E-state index contributed by atoms with van der Waals surface area (Å²) in [5.41, 5.74) is 0.947. The van der Waals surface area contributed by atoms with Crippen LogP contribution in [0, 0.1) is 23.2 Å². The van der Waals surface area contributed by atoms with E-state index < -0.39 is 0 Å². The summed E-state index contributed by atoms with van der Waals surface area (Å²) in [5, 5.41) is 0.753. The maximum atomic E-state index is 13.4. The van der Waals surface area contributed by atoms with Gasteiger partial charge in [0.05, 0.1) is 33.2 Å².